The second-order valence-corrected chi connectivity index (χ2v) is 3.70. The average molecular weight is 247 g/mol. The predicted octanol–water partition coefficient (Wildman–Crippen LogP) is 1.22. The van der Waals surface area contributed by atoms with Gasteiger partial charge in [0.2, 0.25) is 0 Å². The molecule has 0 aromatic heterocycles. The van der Waals surface area contributed by atoms with Crippen LogP contribution in [0.5, 0.6) is 5.75 Å². The van der Waals surface area contributed by atoms with Crippen LogP contribution in [0.2, 0.25) is 5.02 Å². The molecule has 0 amide bonds. The van der Waals surface area contributed by atoms with Gasteiger partial charge in [0.05, 0.1) is 13.2 Å². The highest BCUT2D eigenvalue weighted by molar-refractivity contribution is 6.31. The standard InChI is InChI=1S/C11H15ClO4/c1-15-6-8(14)7-16-11-4-2-3-10(12)9(11)5-13/h2-4,8,13-14H,5-7H2,1H3. The van der Waals surface area contributed by atoms with E-state index in [0.29, 0.717) is 16.3 Å². The van der Waals surface area contributed by atoms with Gasteiger partial charge < -0.3 is 19.7 Å². The summed E-state index contributed by atoms with van der Waals surface area (Å²) in [4.78, 5) is 0. The summed E-state index contributed by atoms with van der Waals surface area (Å²) in [5, 5.41) is 19.0. The number of halogens is 1. The van der Waals surface area contributed by atoms with E-state index in [-0.39, 0.29) is 19.8 Å². The van der Waals surface area contributed by atoms with Gasteiger partial charge in [-0.05, 0) is 12.1 Å². The zero-order valence-corrected chi connectivity index (χ0v) is 9.78. The van der Waals surface area contributed by atoms with Crippen molar-refractivity contribution in [3.63, 3.8) is 0 Å². The SMILES string of the molecule is COCC(O)COc1cccc(Cl)c1CO. The molecule has 5 heteroatoms. The molecular formula is C11H15ClO4. The smallest absolute Gasteiger partial charge is 0.126 e. The van der Waals surface area contributed by atoms with E-state index in [1.165, 1.54) is 7.11 Å². The maximum absolute atomic E-state index is 9.40. The molecule has 0 saturated carbocycles. The second-order valence-electron chi connectivity index (χ2n) is 3.29. The molecule has 1 aromatic carbocycles. The lowest BCUT2D eigenvalue weighted by Crippen LogP contribution is -2.22. The summed E-state index contributed by atoms with van der Waals surface area (Å²) in [5.41, 5.74) is 0.522. The Labute approximate surface area is 99.4 Å². The van der Waals surface area contributed by atoms with E-state index >= 15 is 0 Å². The minimum absolute atomic E-state index is 0.0984. The van der Waals surface area contributed by atoms with E-state index in [2.05, 4.69) is 0 Å². The lowest BCUT2D eigenvalue weighted by atomic mass is 10.2. The molecule has 16 heavy (non-hydrogen) atoms. The number of aliphatic hydroxyl groups is 2. The largest absolute Gasteiger partial charge is 0.490 e. The third kappa shape index (κ3) is 3.64. The molecule has 1 unspecified atom stereocenters. The molecule has 1 aromatic rings. The van der Waals surface area contributed by atoms with Gasteiger partial charge in [0, 0.05) is 17.7 Å². The third-order valence-electron chi connectivity index (χ3n) is 2.02. The molecule has 1 rings (SSSR count). The molecule has 90 valence electrons. The van der Waals surface area contributed by atoms with Crippen molar-refractivity contribution < 1.29 is 19.7 Å². The number of benzene rings is 1. The highest BCUT2D eigenvalue weighted by Gasteiger charge is 2.09. The summed E-state index contributed by atoms with van der Waals surface area (Å²) < 4.78 is 10.1. The highest BCUT2D eigenvalue weighted by Crippen LogP contribution is 2.26. The maximum atomic E-state index is 9.40. The summed E-state index contributed by atoms with van der Waals surface area (Å²) in [6, 6.07) is 5.09. The minimum atomic E-state index is -0.699. The summed E-state index contributed by atoms with van der Waals surface area (Å²) in [5.74, 6) is 0.477. The van der Waals surface area contributed by atoms with Gasteiger partial charge in [0.25, 0.3) is 0 Å². The first kappa shape index (κ1) is 13.3. The zero-order valence-electron chi connectivity index (χ0n) is 9.02. The normalized spacial score (nSPS) is 12.5. The van der Waals surface area contributed by atoms with Crippen LogP contribution in [0.15, 0.2) is 18.2 Å². The highest BCUT2D eigenvalue weighted by atomic mass is 35.5. The third-order valence-corrected chi connectivity index (χ3v) is 2.38. The topological polar surface area (TPSA) is 58.9 Å². The molecule has 0 spiro atoms. The summed E-state index contributed by atoms with van der Waals surface area (Å²) in [6.45, 7) is 0.103. The second kappa shape index (κ2) is 6.70. The molecule has 0 aliphatic heterocycles. The van der Waals surface area contributed by atoms with E-state index < -0.39 is 6.10 Å². The molecule has 0 bridgehead atoms. The fourth-order valence-corrected chi connectivity index (χ4v) is 1.48. The predicted molar refractivity (Wildman–Crippen MR) is 60.8 cm³/mol. The number of rotatable bonds is 6. The number of methoxy groups -OCH3 is 1. The van der Waals surface area contributed by atoms with Crippen LogP contribution >= 0.6 is 11.6 Å². The van der Waals surface area contributed by atoms with Crippen LogP contribution in [-0.2, 0) is 11.3 Å². The Morgan fingerprint density at radius 1 is 1.38 bits per heavy atom. The summed E-state index contributed by atoms with van der Waals surface area (Å²) in [6.07, 6.45) is -0.699. The van der Waals surface area contributed by atoms with Crippen molar-refractivity contribution in [2.24, 2.45) is 0 Å². The summed E-state index contributed by atoms with van der Waals surface area (Å²) >= 11 is 5.88. The minimum Gasteiger partial charge on any atom is -0.490 e. The van der Waals surface area contributed by atoms with Crippen molar-refractivity contribution >= 4 is 11.6 Å². The number of ether oxygens (including phenoxy) is 2. The van der Waals surface area contributed by atoms with Crippen molar-refractivity contribution in [1.82, 2.24) is 0 Å². The van der Waals surface area contributed by atoms with Crippen LogP contribution < -0.4 is 4.74 Å². The van der Waals surface area contributed by atoms with Gasteiger partial charge in [-0.3, -0.25) is 0 Å². The van der Waals surface area contributed by atoms with Crippen molar-refractivity contribution in [3.8, 4) is 5.75 Å². The molecule has 1 atom stereocenters. The van der Waals surface area contributed by atoms with Gasteiger partial charge in [0.15, 0.2) is 0 Å². The molecular weight excluding hydrogens is 232 g/mol. The van der Waals surface area contributed by atoms with Gasteiger partial charge in [-0.25, -0.2) is 0 Å². The van der Waals surface area contributed by atoms with E-state index in [1.54, 1.807) is 18.2 Å². The fraction of sp³-hybridized carbons (Fsp3) is 0.455. The van der Waals surface area contributed by atoms with E-state index in [4.69, 9.17) is 26.2 Å². The first-order valence-electron chi connectivity index (χ1n) is 4.87. The molecule has 2 N–H and O–H groups in total. The first-order chi connectivity index (χ1) is 7.69. The lowest BCUT2D eigenvalue weighted by Gasteiger charge is -2.14. The Bertz CT molecular complexity index is 330. The Morgan fingerprint density at radius 2 is 2.12 bits per heavy atom. The Morgan fingerprint density at radius 3 is 2.75 bits per heavy atom. The Balaban J connectivity index is 2.63. The van der Waals surface area contributed by atoms with Gasteiger partial charge in [0.1, 0.15) is 18.5 Å². The van der Waals surface area contributed by atoms with Gasteiger partial charge >= 0.3 is 0 Å². The number of hydrogen-bond donors (Lipinski definition) is 2. The van der Waals surface area contributed by atoms with Gasteiger partial charge in [-0.15, -0.1) is 0 Å². The molecule has 0 heterocycles. The van der Waals surface area contributed by atoms with Crippen molar-refractivity contribution in [3.05, 3.63) is 28.8 Å². The fourth-order valence-electron chi connectivity index (χ4n) is 1.25. The zero-order chi connectivity index (χ0) is 12.0. The molecule has 0 aliphatic carbocycles. The van der Waals surface area contributed by atoms with Crippen LogP contribution in [0.4, 0.5) is 0 Å². The van der Waals surface area contributed by atoms with Crippen molar-refractivity contribution in [1.29, 1.82) is 0 Å². The molecule has 0 radical (unpaired) electrons. The summed E-state index contributed by atoms with van der Waals surface area (Å²) in [7, 11) is 1.50. The number of hydrogen-bond acceptors (Lipinski definition) is 4. The monoisotopic (exact) mass is 246 g/mol. The molecule has 4 nitrogen and oxygen atoms in total. The molecule has 0 fully saturated rings. The number of aliphatic hydroxyl groups excluding tert-OH is 2. The van der Waals surface area contributed by atoms with Gasteiger partial charge in [-0.2, -0.15) is 0 Å². The molecule has 0 saturated heterocycles. The maximum Gasteiger partial charge on any atom is 0.126 e. The van der Waals surface area contributed by atoms with Gasteiger partial charge in [-0.1, -0.05) is 17.7 Å². The first-order valence-corrected chi connectivity index (χ1v) is 5.25. The van der Waals surface area contributed by atoms with E-state index in [0.717, 1.165) is 0 Å². The molecule has 0 aliphatic rings. The van der Waals surface area contributed by atoms with Crippen LogP contribution in [0.1, 0.15) is 5.56 Å². The van der Waals surface area contributed by atoms with Crippen LogP contribution in [0.25, 0.3) is 0 Å². The lowest BCUT2D eigenvalue weighted by molar-refractivity contribution is 0.0320. The van der Waals surface area contributed by atoms with Crippen molar-refractivity contribution in [2.45, 2.75) is 12.7 Å². The van der Waals surface area contributed by atoms with Crippen molar-refractivity contribution in [2.75, 3.05) is 20.3 Å². The quantitative estimate of drug-likeness (QED) is 0.792. The van der Waals surface area contributed by atoms with Crippen LogP contribution in [0.3, 0.4) is 0 Å². The van der Waals surface area contributed by atoms with E-state index in [1.807, 2.05) is 0 Å². The average Bonchev–Trinajstić information content (AvgIpc) is 2.27. The van der Waals surface area contributed by atoms with E-state index in [9.17, 15) is 5.11 Å². The Hall–Kier alpha value is -0.810. The Kier molecular flexibility index (Phi) is 5.55. The van der Waals surface area contributed by atoms with Crippen LogP contribution in [-0.4, -0.2) is 36.6 Å². The van der Waals surface area contributed by atoms with Crippen LogP contribution in [0, 0.1) is 0 Å².